The number of benzene rings is 4. The standard InChI is InChI=1S/C28H17BrN2O5/c29-21-11-12-25(36-28(35)24-10-4-6-17-5-1-2-9-23(17)24)19(14-21)13-20(16-30)26(32)31-22-8-3-7-18(15-22)27(33)34/h1-15H,(H,31,32)(H,33,34). The number of anilines is 1. The van der Waals surface area contributed by atoms with Crippen LogP contribution in [0.25, 0.3) is 16.8 Å². The van der Waals surface area contributed by atoms with Gasteiger partial charge in [0.25, 0.3) is 5.91 Å². The highest BCUT2D eigenvalue weighted by Gasteiger charge is 2.17. The number of nitrogens with one attached hydrogen (secondary N) is 1. The number of nitrogens with zero attached hydrogens (tertiary/aromatic N) is 1. The Balaban J connectivity index is 1.63. The van der Waals surface area contributed by atoms with Crippen molar-refractivity contribution in [2.45, 2.75) is 0 Å². The predicted molar refractivity (Wildman–Crippen MR) is 139 cm³/mol. The Morgan fingerprint density at radius 3 is 2.47 bits per heavy atom. The summed E-state index contributed by atoms with van der Waals surface area (Å²) >= 11 is 3.36. The van der Waals surface area contributed by atoms with Gasteiger partial charge in [-0.3, -0.25) is 4.79 Å². The van der Waals surface area contributed by atoms with Crippen molar-refractivity contribution in [2.24, 2.45) is 0 Å². The van der Waals surface area contributed by atoms with Crippen LogP contribution in [0.3, 0.4) is 0 Å². The number of aromatic carboxylic acids is 1. The summed E-state index contributed by atoms with van der Waals surface area (Å²) in [4.78, 5) is 37.0. The first-order chi connectivity index (χ1) is 17.4. The number of nitriles is 1. The molecule has 0 unspecified atom stereocenters. The number of carbonyl (C=O) groups excluding carboxylic acids is 2. The van der Waals surface area contributed by atoms with E-state index in [2.05, 4.69) is 21.2 Å². The third-order valence-electron chi connectivity index (χ3n) is 5.22. The fraction of sp³-hybridized carbons (Fsp3) is 0. The zero-order valence-corrected chi connectivity index (χ0v) is 20.2. The van der Waals surface area contributed by atoms with Crippen LogP contribution in [0.2, 0.25) is 0 Å². The Labute approximate surface area is 214 Å². The third kappa shape index (κ3) is 5.49. The summed E-state index contributed by atoms with van der Waals surface area (Å²) in [5.74, 6) is -2.32. The van der Waals surface area contributed by atoms with Crippen molar-refractivity contribution < 1.29 is 24.2 Å². The second-order valence-electron chi connectivity index (χ2n) is 7.61. The Morgan fingerprint density at radius 1 is 0.944 bits per heavy atom. The van der Waals surface area contributed by atoms with Gasteiger partial charge in [-0.05, 0) is 59.3 Å². The van der Waals surface area contributed by atoms with Gasteiger partial charge < -0.3 is 15.2 Å². The summed E-state index contributed by atoms with van der Waals surface area (Å²) < 4.78 is 6.31. The summed E-state index contributed by atoms with van der Waals surface area (Å²) in [7, 11) is 0. The molecule has 1 amide bonds. The Kier molecular flexibility index (Phi) is 7.23. The van der Waals surface area contributed by atoms with Crippen LogP contribution in [-0.4, -0.2) is 23.0 Å². The Bertz CT molecular complexity index is 1580. The van der Waals surface area contributed by atoms with Crippen LogP contribution in [0.5, 0.6) is 5.75 Å². The maximum atomic E-state index is 13.0. The summed E-state index contributed by atoms with van der Waals surface area (Å²) in [5, 5.41) is 22.9. The number of halogens is 1. The van der Waals surface area contributed by atoms with E-state index in [1.54, 1.807) is 30.3 Å². The minimum absolute atomic E-state index is 0.00934. The minimum atomic E-state index is -1.14. The largest absolute Gasteiger partial charge is 0.478 e. The van der Waals surface area contributed by atoms with E-state index in [0.717, 1.165) is 10.8 Å². The first-order valence-corrected chi connectivity index (χ1v) is 11.4. The third-order valence-corrected chi connectivity index (χ3v) is 5.71. The summed E-state index contributed by atoms with van der Waals surface area (Å²) in [5.41, 5.74) is 0.644. The van der Waals surface area contributed by atoms with Crippen molar-refractivity contribution in [2.75, 3.05) is 5.32 Å². The van der Waals surface area contributed by atoms with E-state index in [1.165, 1.54) is 30.3 Å². The monoisotopic (exact) mass is 540 g/mol. The van der Waals surface area contributed by atoms with E-state index >= 15 is 0 Å². The molecule has 0 radical (unpaired) electrons. The molecule has 4 aromatic rings. The molecule has 4 aromatic carbocycles. The lowest BCUT2D eigenvalue weighted by Gasteiger charge is -2.11. The summed E-state index contributed by atoms with van der Waals surface area (Å²) in [6, 6.07) is 25.1. The lowest BCUT2D eigenvalue weighted by molar-refractivity contribution is -0.112. The van der Waals surface area contributed by atoms with Crippen LogP contribution in [0.1, 0.15) is 26.3 Å². The van der Waals surface area contributed by atoms with Crippen molar-refractivity contribution in [3.8, 4) is 11.8 Å². The van der Waals surface area contributed by atoms with Crippen LogP contribution >= 0.6 is 15.9 Å². The molecule has 7 nitrogen and oxygen atoms in total. The molecule has 36 heavy (non-hydrogen) atoms. The van der Waals surface area contributed by atoms with Gasteiger partial charge in [-0.2, -0.15) is 5.26 Å². The topological polar surface area (TPSA) is 116 Å². The van der Waals surface area contributed by atoms with Crippen molar-refractivity contribution in [3.05, 3.63) is 112 Å². The predicted octanol–water partition coefficient (Wildman–Crippen LogP) is 6.07. The lowest BCUT2D eigenvalue weighted by atomic mass is 10.0. The SMILES string of the molecule is N#CC(=Cc1cc(Br)ccc1OC(=O)c1cccc2ccccc12)C(=O)Nc1cccc(C(=O)O)c1. The molecule has 2 N–H and O–H groups in total. The number of carbonyl (C=O) groups is 3. The molecule has 0 bridgehead atoms. The smallest absolute Gasteiger partial charge is 0.344 e. The molecule has 8 heteroatoms. The lowest BCUT2D eigenvalue weighted by Crippen LogP contribution is -2.14. The fourth-order valence-corrected chi connectivity index (χ4v) is 3.89. The molecule has 0 saturated heterocycles. The van der Waals surface area contributed by atoms with Crippen molar-refractivity contribution in [1.29, 1.82) is 5.26 Å². The number of carboxylic acids is 1. The number of hydrogen-bond donors (Lipinski definition) is 2. The van der Waals surface area contributed by atoms with E-state index in [0.29, 0.717) is 15.6 Å². The average Bonchev–Trinajstić information content (AvgIpc) is 2.88. The number of hydrogen-bond acceptors (Lipinski definition) is 5. The van der Waals surface area contributed by atoms with Gasteiger partial charge in [-0.25, -0.2) is 9.59 Å². The van der Waals surface area contributed by atoms with Gasteiger partial charge in [0, 0.05) is 15.7 Å². The van der Waals surface area contributed by atoms with Crippen LogP contribution < -0.4 is 10.1 Å². The van der Waals surface area contributed by atoms with Crippen LogP contribution in [-0.2, 0) is 4.79 Å². The molecule has 0 heterocycles. The highest BCUT2D eigenvalue weighted by molar-refractivity contribution is 9.10. The summed E-state index contributed by atoms with van der Waals surface area (Å²) in [6.45, 7) is 0. The van der Waals surface area contributed by atoms with E-state index in [9.17, 15) is 19.6 Å². The van der Waals surface area contributed by atoms with Gasteiger partial charge in [0.15, 0.2) is 0 Å². The first kappa shape index (κ1) is 24.4. The van der Waals surface area contributed by atoms with E-state index < -0.39 is 17.8 Å². The van der Waals surface area contributed by atoms with Gasteiger partial charge in [0.2, 0.25) is 0 Å². The van der Waals surface area contributed by atoms with E-state index in [1.807, 2.05) is 36.4 Å². The van der Waals surface area contributed by atoms with Crippen molar-refractivity contribution in [3.63, 3.8) is 0 Å². The highest BCUT2D eigenvalue weighted by Crippen LogP contribution is 2.28. The van der Waals surface area contributed by atoms with Gasteiger partial charge in [-0.1, -0.05) is 58.4 Å². The quantitative estimate of drug-likeness (QED) is 0.133. The Hall–Kier alpha value is -4.74. The Morgan fingerprint density at radius 2 is 1.69 bits per heavy atom. The maximum Gasteiger partial charge on any atom is 0.344 e. The fourth-order valence-electron chi connectivity index (χ4n) is 3.52. The minimum Gasteiger partial charge on any atom is -0.478 e. The second kappa shape index (κ2) is 10.7. The van der Waals surface area contributed by atoms with E-state index in [-0.39, 0.29) is 22.6 Å². The normalized spacial score (nSPS) is 10.9. The molecule has 0 saturated carbocycles. The molecule has 0 aromatic heterocycles. The zero-order valence-electron chi connectivity index (χ0n) is 18.6. The van der Waals surface area contributed by atoms with Crippen LogP contribution in [0.4, 0.5) is 5.69 Å². The molecule has 4 rings (SSSR count). The van der Waals surface area contributed by atoms with Crippen molar-refractivity contribution >= 4 is 56.3 Å². The number of ether oxygens (including phenoxy) is 1. The number of fused-ring (bicyclic) bond motifs is 1. The number of esters is 1. The van der Waals surface area contributed by atoms with Crippen LogP contribution in [0, 0.1) is 11.3 Å². The number of carboxylic acid groups (broad SMARTS) is 1. The molecule has 0 spiro atoms. The molecular formula is C28H17BrN2O5. The van der Waals surface area contributed by atoms with Gasteiger partial charge in [-0.15, -0.1) is 0 Å². The zero-order chi connectivity index (χ0) is 25.7. The number of rotatable bonds is 6. The van der Waals surface area contributed by atoms with Gasteiger partial charge >= 0.3 is 11.9 Å². The van der Waals surface area contributed by atoms with Gasteiger partial charge in [0.1, 0.15) is 17.4 Å². The molecule has 0 fully saturated rings. The van der Waals surface area contributed by atoms with E-state index in [4.69, 9.17) is 9.84 Å². The molecule has 0 aliphatic heterocycles. The maximum absolute atomic E-state index is 13.0. The highest BCUT2D eigenvalue weighted by atomic mass is 79.9. The molecular weight excluding hydrogens is 524 g/mol. The first-order valence-electron chi connectivity index (χ1n) is 10.6. The average molecular weight is 541 g/mol. The van der Waals surface area contributed by atoms with Crippen molar-refractivity contribution in [1.82, 2.24) is 0 Å². The molecule has 0 aliphatic carbocycles. The molecule has 176 valence electrons. The second-order valence-corrected chi connectivity index (χ2v) is 8.52. The number of amides is 1. The molecule has 0 aliphatic rings. The van der Waals surface area contributed by atoms with Gasteiger partial charge in [0.05, 0.1) is 11.1 Å². The molecule has 0 atom stereocenters. The summed E-state index contributed by atoms with van der Waals surface area (Å²) in [6.07, 6.45) is 1.30. The van der Waals surface area contributed by atoms with Crippen LogP contribution in [0.15, 0.2) is 95.0 Å².